The van der Waals surface area contributed by atoms with Crippen molar-refractivity contribution < 1.29 is 19.1 Å². The van der Waals surface area contributed by atoms with Crippen molar-refractivity contribution in [2.24, 2.45) is 5.92 Å². The van der Waals surface area contributed by atoms with Gasteiger partial charge in [-0.25, -0.2) is 0 Å². The Labute approximate surface area is 117 Å². The lowest BCUT2D eigenvalue weighted by Crippen LogP contribution is -2.46. The zero-order valence-electron chi connectivity index (χ0n) is 11.6. The van der Waals surface area contributed by atoms with E-state index in [4.69, 9.17) is 0 Å². The Hall–Kier alpha value is -2.17. The van der Waals surface area contributed by atoms with E-state index in [1.165, 1.54) is 12.0 Å². The lowest BCUT2D eigenvalue weighted by Gasteiger charge is -2.30. The lowest BCUT2D eigenvalue weighted by molar-refractivity contribution is -0.151. The molecule has 1 fully saturated rings. The van der Waals surface area contributed by atoms with E-state index in [0.717, 1.165) is 5.56 Å². The predicted molar refractivity (Wildman–Crippen MR) is 72.2 cm³/mol. The topological polar surface area (TPSA) is 63.7 Å². The number of nitrogens with zero attached hydrogens (tertiary/aromatic N) is 1. The summed E-state index contributed by atoms with van der Waals surface area (Å²) >= 11 is 0. The van der Waals surface area contributed by atoms with Crippen LogP contribution in [0.4, 0.5) is 0 Å². The summed E-state index contributed by atoms with van der Waals surface area (Å²) < 4.78 is 4.60. The summed E-state index contributed by atoms with van der Waals surface area (Å²) in [6.07, 6.45) is 0.323. The molecule has 0 N–H and O–H groups in total. The summed E-state index contributed by atoms with van der Waals surface area (Å²) in [4.78, 5) is 37.2. The second-order valence-corrected chi connectivity index (χ2v) is 4.87. The van der Waals surface area contributed by atoms with E-state index in [1.54, 1.807) is 12.1 Å². The van der Waals surface area contributed by atoms with E-state index >= 15 is 0 Å². The van der Waals surface area contributed by atoms with E-state index in [-0.39, 0.29) is 18.2 Å². The minimum Gasteiger partial charge on any atom is -0.468 e. The van der Waals surface area contributed by atoms with E-state index in [1.807, 2.05) is 19.1 Å². The Bertz CT molecular complexity index is 553. The summed E-state index contributed by atoms with van der Waals surface area (Å²) in [6, 6.07) is 7.26. The van der Waals surface area contributed by atoms with E-state index in [2.05, 4.69) is 4.74 Å². The van der Waals surface area contributed by atoms with Crippen LogP contribution in [0.2, 0.25) is 0 Å². The fourth-order valence-corrected chi connectivity index (χ4v) is 2.37. The summed E-state index contributed by atoms with van der Waals surface area (Å²) in [6.45, 7) is 2.21. The highest BCUT2D eigenvalue weighted by molar-refractivity contribution is 6.04. The molecule has 1 unspecified atom stereocenters. The Morgan fingerprint density at radius 3 is 2.60 bits per heavy atom. The molecule has 0 radical (unpaired) electrons. The molecule has 0 bridgehead atoms. The van der Waals surface area contributed by atoms with E-state index in [0.29, 0.717) is 18.5 Å². The number of esters is 1. The number of carbonyl (C=O) groups excluding carboxylic acids is 3. The van der Waals surface area contributed by atoms with Crippen LogP contribution < -0.4 is 0 Å². The molecule has 1 amide bonds. The van der Waals surface area contributed by atoms with Crippen molar-refractivity contribution in [3.8, 4) is 0 Å². The van der Waals surface area contributed by atoms with Crippen molar-refractivity contribution >= 4 is 17.7 Å². The molecule has 5 heteroatoms. The molecule has 0 saturated carbocycles. The number of ether oxygens (including phenoxy) is 1. The van der Waals surface area contributed by atoms with Crippen molar-refractivity contribution in [2.45, 2.75) is 13.3 Å². The molecule has 1 aliphatic rings. The summed E-state index contributed by atoms with van der Waals surface area (Å²) in [5, 5.41) is 0. The van der Waals surface area contributed by atoms with Crippen LogP contribution in [-0.4, -0.2) is 42.8 Å². The number of methoxy groups -OCH3 is 1. The Balaban J connectivity index is 2.10. The van der Waals surface area contributed by atoms with E-state index < -0.39 is 11.9 Å². The molecule has 1 saturated heterocycles. The van der Waals surface area contributed by atoms with Gasteiger partial charge in [0.05, 0.1) is 13.7 Å². The van der Waals surface area contributed by atoms with Crippen LogP contribution >= 0.6 is 0 Å². The summed E-state index contributed by atoms with van der Waals surface area (Å²) in [5.41, 5.74) is 1.47. The fraction of sp³-hybridized carbons (Fsp3) is 0.400. The van der Waals surface area contributed by atoms with Crippen LogP contribution in [-0.2, 0) is 14.3 Å². The molecule has 5 nitrogen and oxygen atoms in total. The third-order valence-electron chi connectivity index (χ3n) is 3.57. The van der Waals surface area contributed by atoms with Crippen molar-refractivity contribution in [2.75, 3.05) is 20.2 Å². The zero-order chi connectivity index (χ0) is 14.7. The molecular formula is C15H17NO4. The molecule has 1 heterocycles. The predicted octanol–water partition coefficient (Wildman–Crippen LogP) is 1.20. The van der Waals surface area contributed by atoms with Gasteiger partial charge in [0.15, 0.2) is 5.78 Å². The summed E-state index contributed by atoms with van der Waals surface area (Å²) in [7, 11) is 1.26. The quantitative estimate of drug-likeness (QED) is 0.601. The van der Waals surface area contributed by atoms with E-state index in [9.17, 15) is 14.4 Å². The lowest BCUT2D eigenvalue weighted by atomic mass is 9.94. The molecule has 0 aromatic heterocycles. The highest BCUT2D eigenvalue weighted by atomic mass is 16.5. The van der Waals surface area contributed by atoms with Crippen molar-refractivity contribution in [3.63, 3.8) is 0 Å². The first kappa shape index (κ1) is 14.2. The molecule has 2 rings (SSSR count). The standard InChI is InChI=1S/C15H17NO4/c1-10-5-3-4-6-11(10)14(18)16-8-7-12(13(17)9-16)15(19)20-2/h3-6,12H,7-9H2,1-2H3. The third kappa shape index (κ3) is 2.71. The summed E-state index contributed by atoms with van der Waals surface area (Å²) in [5.74, 6) is -1.68. The van der Waals surface area contributed by atoms with Gasteiger partial charge in [0.2, 0.25) is 0 Å². The van der Waals surface area contributed by atoms with Crippen LogP contribution in [0.5, 0.6) is 0 Å². The van der Waals surface area contributed by atoms with Gasteiger partial charge >= 0.3 is 5.97 Å². The Morgan fingerprint density at radius 2 is 2.00 bits per heavy atom. The van der Waals surface area contributed by atoms with Gasteiger partial charge in [0, 0.05) is 12.1 Å². The van der Waals surface area contributed by atoms with Crippen LogP contribution in [0.1, 0.15) is 22.3 Å². The number of benzene rings is 1. The van der Waals surface area contributed by atoms with Crippen molar-refractivity contribution in [3.05, 3.63) is 35.4 Å². The number of hydrogen-bond donors (Lipinski definition) is 0. The number of likely N-dealkylation sites (tertiary alicyclic amines) is 1. The van der Waals surface area contributed by atoms with Gasteiger partial charge in [-0.1, -0.05) is 18.2 Å². The average Bonchev–Trinajstić information content (AvgIpc) is 2.46. The Morgan fingerprint density at radius 1 is 1.30 bits per heavy atom. The largest absolute Gasteiger partial charge is 0.468 e. The maximum atomic E-state index is 12.4. The SMILES string of the molecule is COC(=O)C1CCN(C(=O)c2ccccc2C)CC1=O. The number of ketones is 1. The maximum Gasteiger partial charge on any atom is 0.316 e. The molecule has 1 aromatic rings. The smallest absolute Gasteiger partial charge is 0.316 e. The van der Waals surface area contributed by atoms with Crippen molar-refractivity contribution in [1.82, 2.24) is 4.90 Å². The second-order valence-electron chi connectivity index (χ2n) is 4.87. The van der Waals surface area contributed by atoms with Crippen LogP contribution in [0.15, 0.2) is 24.3 Å². The van der Waals surface area contributed by atoms with Gasteiger partial charge in [-0.05, 0) is 25.0 Å². The molecule has 1 aliphatic heterocycles. The van der Waals surface area contributed by atoms with Crippen LogP contribution in [0, 0.1) is 12.8 Å². The van der Waals surface area contributed by atoms with Gasteiger partial charge in [-0.2, -0.15) is 0 Å². The molecule has 20 heavy (non-hydrogen) atoms. The number of hydrogen-bond acceptors (Lipinski definition) is 4. The minimum absolute atomic E-state index is 0.0348. The third-order valence-corrected chi connectivity index (χ3v) is 3.57. The normalized spacial score (nSPS) is 18.8. The van der Waals surface area contributed by atoms with Gasteiger partial charge in [0.1, 0.15) is 5.92 Å². The molecule has 1 aromatic carbocycles. The Kier molecular flexibility index (Phi) is 4.17. The van der Waals surface area contributed by atoms with Crippen molar-refractivity contribution in [1.29, 1.82) is 0 Å². The number of aryl methyl sites for hydroxylation is 1. The van der Waals surface area contributed by atoms with Gasteiger partial charge in [-0.15, -0.1) is 0 Å². The first-order valence-corrected chi connectivity index (χ1v) is 6.50. The average molecular weight is 275 g/mol. The monoisotopic (exact) mass is 275 g/mol. The molecular weight excluding hydrogens is 258 g/mol. The van der Waals surface area contributed by atoms with Crippen LogP contribution in [0.25, 0.3) is 0 Å². The second kappa shape index (κ2) is 5.86. The number of rotatable bonds is 2. The van der Waals surface area contributed by atoms with Gasteiger partial charge in [0.25, 0.3) is 5.91 Å². The molecule has 0 aliphatic carbocycles. The molecule has 0 spiro atoms. The molecule has 1 atom stereocenters. The minimum atomic E-state index is -0.735. The zero-order valence-corrected chi connectivity index (χ0v) is 11.6. The maximum absolute atomic E-state index is 12.4. The van der Waals surface area contributed by atoms with Crippen LogP contribution in [0.3, 0.4) is 0 Å². The first-order valence-electron chi connectivity index (χ1n) is 6.50. The number of carbonyl (C=O) groups is 3. The highest BCUT2D eigenvalue weighted by Crippen LogP contribution is 2.19. The fourth-order valence-electron chi connectivity index (χ4n) is 2.37. The highest BCUT2D eigenvalue weighted by Gasteiger charge is 2.35. The number of piperidine rings is 1. The van der Waals surface area contributed by atoms with Gasteiger partial charge < -0.3 is 9.64 Å². The molecule has 106 valence electrons. The first-order chi connectivity index (χ1) is 9.54. The number of amides is 1. The number of Topliss-reactive ketones (excluding diaryl/α,β-unsaturated/α-hetero) is 1. The van der Waals surface area contributed by atoms with Gasteiger partial charge in [-0.3, -0.25) is 14.4 Å².